The molecule has 2 aromatic carbocycles. The summed E-state index contributed by atoms with van der Waals surface area (Å²) in [4.78, 5) is 26.1. The first-order valence-corrected chi connectivity index (χ1v) is 8.45. The van der Waals surface area contributed by atoms with Crippen molar-refractivity contribution < 1.29 is 27.8 Å². The molecule has 0 bridgehead atoms. The average Bonchev–Trinajstić information content (AvgIpc) is 3.26. The van der Waals surface area contributed by atoms with E-state index >= 15 is 0 Å². The molecule has 2 aliphatic heterocycles. The Morgan fingerprint density at radius 3 is 2.78 bits per heavy atom. The number of hydrogen-bond acceptors (Lipinski definition) is 4. The van der Waals surface area contributed by atoms with Gasteiger partial charge in [-0.05, 0) is 36.2 Å². The molecule has 0 unspecified atom stereocenters. The van der Waals surface area contributed by atoms with Crippen LogP contribution in [0.3, 0.4) is 0 Å². The van der Waals surface area contributed by atoms with Gasteiger partial charge in [-0.2, -0.15) is 0 Å². The molecule has 6 nitrogen and oxygen atoms in total. The van der Waals surface area contributed by atoms with Gasteiger partial charge >= 0.3 is 0 Å². The fraction of sp³-hybridized carbons (Fsp3) is 0.263. The molecule has 4 rings (SSSR count). The molecule has 140 valence electrons. The normalized spacial score (nSPS) is 18.1. The number of amides is 2. The highest BCUT2D eigenvalue weighted by Gasteiger charge is 2.38. The topological polar surface area (TPSA) is 67.9 Å². The van der Waals surface area contributed by atoms with Gasteiger partial charge in [-0.25, -0.2) is 8.78 Å². The lowest BCUT2D eigenvalue weighted by Gasteiger charge is -2.17. The maximum Gasteiger partial charge on any atom is 0.239 e. The standard InChI is InChI=1S/C19H16F2N2O4/c20-12-2-3-15(14(21)8-12)23-6-5-13(19(23)25)18(24)22-9-11-1-4-16-17(7-11)27-10-26-16/h1-4,7-8,13H,5-6,9-10H2,(H,22,24)/t13-/m0/s1. The molecule has 2 aliphatic rings. The Hall–Kier alpha value is -3.16. The summed E-state index contributed by atoms with van der Waals surface area (Å²) >= 11 is 0. The first-order valence-electron chi connectivity index (χ1n) is 8.45. The molecular formula is C19H16F2N2O4. The van der Waals surface area contributed by atoms with Gasteiger partial charge in [-0.1, -0.05) is 6.07 Å². The van der Waals surface area contributed by atoms with Crippen LogP contribution in [0.2, 0.25) is 0 Å². The summed E-state index contributed by atoms with van der Waals surface area (Å²) in [6.45, 7) is 0.588. The molecule has 27 heavy (non-hydrogen) atoms. The van der Waals surface area contributed by atoms with Crippen molar-refractivity contribution in [1.29, 1.82) is 0 Å². The number of hydrogen-bond donors (Lipinski definition) is 1. The van der Waals surface area contributed by atoms with E-state index in [4.69, 9.17) is 9.47 Å². The van der Waals surface area contributed by atoms with E-state index in [-0.39, 0.29) is 32.0 Å². The number of carbonyl (C=O) groups is 2. The Bertz CT molecular complexity index is 919. The van der Waals surface area contributed by atoms with Crippen molar-refractivity contribution in [2.75, 3.05) is 18.2 Å². The summed E-state index contributed by atoms with van der Waals surface area (Å²) < 4.78 is 37.5. The fourth-order valence-electron chi connectivity index (χ4n) is 3.23. The van der Waals surface area contributed by atoms with Gasteiger partial charge in [0, 0.05) is 19.2 Å². The maximum atomic E-state index is 13.9. The molecule has 8 heteroatoms. The number of benzene rings is 2. The zero-order valence-electron chi connectivity index (χ0n) is 14.2. The average molecular weight is 374 g/mol. The van der Waals surface area contributed by atoms with E-state index in [1.54, 1.807) is 18.2 Å². The highest BCUT2D eigenvalue weighted by Crippen LogP contribution is 2.32. The minimum atomic E-state index is -0.900. The van der Waals surface area contributed by atoms with Crippen LogP contribution in [0.5, 0.6) is 11.5 Å². The third kappa shape index (κ3) is 3.30. The van der Waals surface area contributed by atoms with E-state index < -0.39 is 29.4 Å². The second-order valence-corrected chi connectivity index (χ2v) is 6.33. The molecule has 1 atom stereocenters. The highest BCUT2D eigenvalue weighted by molar-refractivity contribution is 6.09. The first-order chi connectivity index (χ1) is 13.0. The van der Waals surface area contributed by atoms with Crippen molar-refractivity contribution in [3.8, 4) is 11.5 Å². The van der Waals surface area contributed by atoms with Gasteiger partial charge in [0.25, 0.3) is 0 Å². The predicted octanol–water partition coefficient (Wildman–Crippen LogP) is 2.36. The van der Waals surface area contributed by atoms with Crippen molar-refractivity contribution in [2.45, 2.75) is 13.0 Å². The second kappa shape index (κ2) is 6.86. The molecule has 2 amide bonds. The monoisotopic (exact) mass is 374 g/mol. The van der Waals surface area contributed by atoms with Gasteiger partial charge in [0.1, 0.15) is 17.6 Å². The summed E-state index contributed by atoms with van der Waals surface area (Å²) in [7, 11) is 0. The van der Waals surface area contributed by atoms with Crippen LogP contribution < -0.4 is 19.7 Å². The Kier molecular flexibility index (Phi) is 4.39. The third-order valence-corrected chi connectivity index (χ3v) is 4.63. The van der Waals surface area contributed by atoms with Gasteiger partial charge < -0.3 is 19.7 Å². The van der Waals surface area contributed by atoms with Crippen molar-refractivity contribution >= 4 is 17.5 Å². The van der Waals surface area contributed by atoms with Crippen LogP contribution in [-0.4, -0.2) is 25.2 Å². The van der Waals surface area contributed by atoms with Gasteiger partial charge in [0.2, 0.25) is 18.6 Å². The molecule has 2 aromatic rings. The molecule has 0 saturated carbocycles. The predicted molar refractivity (Wildman–Crippen MR) is 91.2 cm³/mol. The van der Waals surface area contributed by atoms with E-state index in [0.29, 0.717) is 11.5 Å². The quantitative estimate of drug-likeness (QED) is 0.835. The molecule has 0 aromatic heterocycles. The number of anilines is 1. The number of carbonyl (C=O) groups excluding carboxylic acids is 2. The van der Waals surface area contributed by atoms with E-state index in [1.165, 1.54) is 11.0 Å². The fourth-order valence-corrected chi connectivity index (χ4v) is 3.23. The van der Waals surface area contributed by atoms with Crippen molar-refractivity contribution in [1.82, 2.24) is 5.32 Å². The molecule has 0 spiro atoms. The smallest absolute Gasteiger partial charge is 0.239 e. The highest BCUT2D eigenvalue weighted by atomic mass is 19.1. The van der Waals surface area contributed by atoms with E-state index in [0.717, 1.165) is 17.7 Å². The largest absolute Gasteiger partial charge is 0.454 e. The Balaban J connectivity index is 1.40. The number of ether oxygens (including phenoxy) is 2. The molecule has 0 aliphatic carbocycles. The Labute approximate surface area is 153 Å². The van der Waals surface area contributed by atoms with Crippen LogP contribution >= 0.6 is 0 Å². The summed E-state index contributed by atoms with van der Waals surface area (Å²) in [5, 5.41) is 2.72. The van der Waals surface area contributed by atoms with Crippen LogP contribution in [-0.2, 0) is 16.1 Å². The minimum Gasteiger partial charge on any atom is -0.454 e. The molecular weight excluding hydrogens is 358 g/mol. The van der Waals surface area contributed by atoms with Crippen LogP contribution in [0.1, 0.15) is 12.0 Å². The van der Waals surface area contributed by atoms with E-state index in [1.807, 2.05) is 0 Å². The summed E-state index contributed by atoms with van der Waals surface area (Å²) in [5.41, 5.74) is 0.784. The first kappa shape index (κ1) is 17.3. The van der Waals surface area contributed by atoms with Crippen molar-refractivity contribution in [3.05, 3.63) is 53.6 Å². The van der Waals surface area contributed by atoms with Gasteiger partial charge in [0.15, 0.2) is 11.5 Å². The van der Waals surface area contributed by atoms with Crippen LogP contribution in [0.4, 0.5) is 14.5 Å². The van der Waals surface area contributed by atoms with Crippen molar-refractivity contribution in [2.24, 2.45) is 5.92 Å². The lowest BCUT2D eigenvalue weighted by atomic mass is 10.1. The molecule has 1 N–H and O–H groups in total. The molecule has 2 heterocycles. The zero-order valence-corrected chi connectivity index (χ0v) is 14.2. The SMILES string of the molecule is O=C(NCc1ccc2c(c1)OCO2)[C@@H]1CCN(c2ccc(F)cc2F)C1=O. The maximum absolute atomic E-state index is 13.9. The molecule has 1 fully saturated rings. The van der Waals surface area contributed by atoms with Crippen LogP contribution in [0, 0.1) is 17.6 Å². The van der Waals surface area contributed by atoms with E-state index in [9.17, 15) is 18.4 Å². The zero-order chi connectivity index (χ0) is 19.0. The lowest BCUT2D eigenvalue weighted by molar-refractivity contribution is -0.132. The number of halogens is 2. The second-order valence-electron chi connectivity index (χ2n) is 6.33. The summed E-state index contributed by atoms with van der Waals surface area (Å²) in [6, 6.07) is 8.32. The van der Waals surface area contributed by atoms with Gasteiger partial charge in [-0.3, -0.25) is 9.59 Å². The summed E-state index contributed by atoms with van der Waals surface area (Å²) in [6.07, 6.45) is 0.266. The van der Waals surface area contributed by atoms with E-state index in [2.05, 4.69) is 5.32 Å². The Morgan fingerprint density at radius 1 is 1.15 bits per heavy atom. The summed E-state index contributed by atoms with van der Waals surface area (Å²) in [5.74, 6) is -2.12. The van der Waals surface area contributed by atoms with Gasteiger partial charge in [0.05, 0.1) is 5.69 Å². The van der Waals surface area contributed by atoms with Crippen molar-refractivity contribution in [3.63, 3.8) is 0 Å². The number of nitrogens with one attached hydrogen (secondary N) is 1. The third-order valence-electron chi connectivity index (χ3n) is 4.63. The molecule has 1 saturated heterocycles. The van der Waals surface area contributed by atoms with Gasteiger partial charge in [-0.15, -0.1) is 0 Å². The van der Waals surface area contributed by atoms with Crippen LogP contribution in [0.25, 0.3) is 0 Å². The minimum absolute atomic E-state index is 0.0209. The van der Waals surface area contributed by atoms with Crippen LogP contribution in [0.15, 0.2) is 36.4 Å². The molecule has 0 radical (unpaired) electrons. The number of rotatable bonds is 4. The Morgan fingerprint density at radius 2 is 1.96 bits per heavy atom. The number of nitrogens with zero attached hydrogens (tertiary/aromatic N) is 1. The number of fused-ring (bicyclic) bond motifs is 1. The lowest BCUT2D eigenvalue weighted by Crippen LogP contribution is -2.36.